The van der Waals surface area contributed by atoms with E-state index in [1.165, 1.54) is 32.2 Å². The molecule has 0 aliphatic carbocycles. The van der Waals surface area contributed by atoms with E-state index in [2.05, 4.69) is 61.8 Å². The maximum Gasteiger partial charge on any atom is 0.115 e. The number of nitrogens with one attached hydrogen (secondary N) is 1. The molecule has 5 heteroatoms. The second kappa shape index (κ2) is 7.85. The summed E-state index contributed by atoms with van der Waals surface area (Å²) >= 11 is 3.39. The predicted molar refractivity (Wildman–Crippen MR) is 112 cm³/mol. The van der Waals surface area contributed by atoms with Gasteiger partial charge in [-0.1, -0.05) is 35.9 Å². The van der Waals surface area contributed by atoms with Crippen LogP contribution in [0.4, 0.5) is 0 Å². The van der Waals surface area contributed by atoms with Crippen LogP contribution in [0.1, 0.15) is 27.9 Å². The summed E-state index contributed by atoms with van der Waals surface area (Å²) in [5, 5.41) is 13.0. The molecule has 0 amide bonds. The van der Waals surface area contributed by atoms with Gasteiger partial charge in [-0.25, -0.2) is 4.98 Å². The molecule has 1 N–H and O–H groups in total. The van der Waals surface area contributed by atoms with Crippen molar-refractivity contribution < 1.29 is 4.90 Å². The molecular weight excluding hydrogens is 370 g/mol. The van der Waals surface area contributed by atoms with Crippen molar-refractivity contribution in [1.82, 2.24) is 4.98 Å². The number of pyridine rings is 1. The van der Waals surface area contributed by atoms with Gasteiger partial charge in [0.2, 0.25) is 0 Å². The van der Waals surface area contributed by atoms with E-state index in [1.807, 2.05) is 0 Å². The molecule has 3 nitrogen and oxygen atoms in total. The fourth-order valence-corrected chi connectivity index (χ4v) is 5.38. The number of thiophene rings is 1. The van der Waals surface area contributed by atoms with E-state index in [4.69, 9.17) is 4.98 Å². The first-order valence-corrected chi connectivity index (χ1v) is 11.0. The van der Waals surface area contributed by atoms with E-state index >= 15 is 0 Å². The van der Waals surface area contributed by atoms with Crippen LogP contribution in [0.2, 0.25) is 0 Å². The van der Waals surface area contributed by atoms with Crippen LogP contribution >= 0.6 is 23.1 Å². The third kappa shape index (κ3) is 3.79. The molecule has 1 unspecified atom stereocenters. The van der Waals surface area contributed by atoms with Gasteiger partial charge in [-0.15, -0.1) is 23.1 Å². The molecule has 1 aromatic carbocycles. The third-order valence-corrected chi connectivity index (χ3v) is 6.89. The number of hydrogen-bond donors (Lipinski definition) is 1. The van der Waals surface area contributed by atoms with Crippen LogP contribution < -0.4 is 4.90 Å². The number of nitrogens with zero attached hydrogens (tertiary/aromatic N) is 2. The van der Waals surface area contributed by atoms with Crippen LogP contribution in [0, 0.1) is 18.3 Å². The average molecular weight is 393 g/mol. The van der Waals surface area contributed by atoms with Gasteiger partial charge < -0.3 is 4.90 Å². The second-order valence-electron chi connectivity index (χ2n) is 7.09. The van der Waals surface area contributed by atoms with Crippen molar-refractivity contribution in [3.05, 3.63) is 69.7 Å². The molecule has 27 heavy (non-hydrogen) atoms. The molecule has 1 atom stereocenters. The molecule has 0 bridgehead atoms. The molecule has 0 saturated carbocycles. The minimum atomic E-state index is 0.739. The molecule has 1 aliphatic heterocycles. The molecule has 2 aromatic heterocycles. The van der Waals surface area contributed by atoms with E-state index in [-0.39, 0.29) is 0 Å². The van der Waals surface area contributed by atoms with E-state index in [9.17, 15) is 5.26 Å². The Bertz CT molecular complexity index is 1000. The van der Waals surface area contributed by atoms with Gasteiger partial charge in [0.15, 0.2) is 0 Å². The highest BCUT2D eigenvalue weighted by molar-refractivity contribution is 7.98. The molecule has 4 rings (SSSR count). The molecule has 3 heterocycles. The standard InChI is InChI=1S/C22H21N3S2/c1-15-5-3-6-16(11-15)14-27-22-17(12-23)21(20-7-4-10-26-20)18-13-25(2)9-8-19(18)24-22/h3-7,10-11H,8-9,13-14H2,1-2H3/p+1. The summed E-state index contributed by atoms with van der Waals surface area (Å²) in [6.45, 7) is 4.14. The summed E-state index contributed by atoms with van der Waals surface area (Å²) in [6, 6.07) is 15.2. The van der Waals surface area contributed by atoms with Gasteiger partial charge >= 0.3 is 0 Å². The summed E-state index contributed by atoms with van der Waals surface area (Å²) in [7, 11) is 2.22. The molecule has 0 radical (unpaired) electrons. The van der Waals surface area contributed by atoms with Gasteiger partial charge in [0.25, 0.3) is 0 Å². The summed E-state index contributed by atoms with van der Waals surface area (Å²) in [4.78, 5) is 7.61. The first kappa shape index (κ1) is 18.2. The quantitative estimate of drug-likeness (QED) is 0.686. The maximum absolute atomic E-state index is 10.0. The van der Waals surface area contributed by atoms with Crippen LogP contribution in [0.25, 0.3) is 10.4 Å². The summed E-state index contributed by atoms with van der Waals surface area (Å²) in [5.41, 5.74) is 6.82. The smallest absolute Gasteiger partial charge is 0.115 e. The minimum Gasteiger partial charge on any atom is -0.333 e. The van der Waals surface area contributed by atoms with Crippen LogP contribution in [0.3, 0.4) is 0 Å². The first-order valence-electron chi connectivity index (χ1n) is 9.15. The lowest BCUT2D eigenvalue weighted by molar-refractivity contribution is -0.895. The van der Waals surface area contributed by atoms with Gasteiger partial charge in [0.1, 0.15) is 17.6 Å². The topological polar surface area (TPSA) is 41.1 Å². The zero-order valence-electron chi connectivity index (χ0n) is 15.6. The van der Waals surface area contributed by atoms with Crippen molar-refractivity contribution in [1.29, 1.82) is 5.26 Å². The fourth-order valence-electron chi connectivity index (χ4n) is 3.62. The Morgan fingerprint density at radius 1 is 1.30 bits per heavy atom. The lowest BCUT2D eigenvalue weighted by Crippen LogP contribution is -3.08. The van der Waals surface area contributed by atoms with Crippen LogP contribution in [-0.4, -0.2) is 18.6 Å². The molecule has 1 aliphatic rings. The van der Waals surface area contributed by atoms with E-state index < -0.39 is 0 Å². The van der Waals surface area contributed by atoms with Crippen LogP contribution in [-0.2, 0) is 18.7 Å². The number of benzene rings is 1. The number of nitriles is 1. The Kier molecular flexibility index (Phi) is 5.31. The van der Waals surface area contributed by atoms with Crippen molar-refractivity contribution in [2.45, 2.75) is 30.7 Å². The van der Waals surface area contributed by atoms with Gasteiger partial charge in [0, 0.05) is 28.2 Å². The number of quaternary nitrogens is 1. The highest BCUT2D eigenvalue weighted by Crippen LogP contribution is 2.38. The lowest BCUT2D eigenvalue weighted by Gasteiger charge is -2.25. The largest absolute Gasteiger partial charge is 0.333 e. The SMILES string of the molecule is Cc1cccc(CSc2nc3c(c(-c4cccs4)c2C#N)C[NH+](C)CC3)c1. The highest BCUT2D eigenvalue weighted by atomic mass is 32.2. The number of hydrogen-bond acceptors (Lipinski definition) is 4. The summed E-state index contributed by atoms with van der Waals surface area (Å²) in [5.74, 6) is 0.831. The molecule has 0 spiro atoms. The van der Waals surface area contributed by atoms with Crippen LogP contribution in [0.15, 0.2) is 46.8 Å². The summed E-state index contributed by atoms with van der Waals surface area (Å²) in [6.07, 6.45) is 0.975. The lowest BCUT2D eigenvalue weighted by atomic mass is 9.96. The Morgan fingerprint density at radius 2 is 2.19 bits per heavy atom. The average Bonchev–Trinajstić information content (AvgIpc) is 3.19. The molecule has 3 aromatic rings. The molecule has 0 fully saturated rings. The Hall–Kier alpha value is -2.13. The fraction of sp³-hybridized carbons (Fsp3) is 0.273. The number of thioether (sulfide) groups is 1. The monoisotopic (exact) mass is 392 g/mol. The number of aryl methyl sites for hydroxylation is 1. The Labute approximate surface area is 168 Å². The van der Waals surface area contributed by atoms with Gasteiger partial charge in [0.05, 0.1) is 24.8 Å². The van der Waals surface area contributed by atoms with Crippen molar-refractivity contribution in [2.75, 3.05) is 13.6 Å². The number of aromatic nitrogens is 1. The first-order chi connectivity index (χ1) is 13.2. The zero-order valence-corrected chi connectivity index (χ0v) is 17.2. The summed E-state index contributed by atoms with van der Waals surface area (Å²) < 4.78 is 0. The number of fused-ring (bicyclic) bond motifs is 1. The molecule has 0 saturated heterocycles. The predicted octanol–water partition coefficient (Wildman–Crippen LogP) is 3.85. The van der Waals surface area contributed by atoms with Crippen LogP contribution in [0.5, 0.6) is 0 Å². The minimum absolute atomic E-state index is 0.739. The molecule has 136 valence electrons. The number of likely N-dealkylation sites (N-methyl/N-ethyl adjacent to an activating group) is 1. The van der Waals surface area contributed by atoms with Gasteiger partial charge in [-0.2, -0.15) is 5.26 Å². The van der Waals surface area contributed by atoms with E-state index in [0.29, 0.717) is 0 Å². The van der Waals surface area contributed by atoms with Crippen molar-refractivity contribution in [3.8, 4) is 16.5 Å². The van der Waals surface area contributed by atoms with E-state index in [1.54, 1.807) is 23.1 Å². The van der Waals surface area contributed by atoms with Gasteiger partial charge in [-0.05, 0) is 23.9 Å². The maximum atomic E-state index is 10.0. The van der Waals surface area contributed by atoms with Crippen molar-refractivity contribution >= 4 is 23.1 Å². The van der Waals surface area contributed by atoms with Crippen molar-refractivity contribution in [3.63, 3.8) is 0 Å². The highest BCUT2D eigenvalue weighted by Gasteiger charge is 2.27. The Morgan fingerprint density at radius 3 is 2.93 bits per heavy atom. The van der Waals surface area contributed by atoms with E-state index in [0.717, 1.165) is 41.4 Å². The zero-order chi connectivity index (χ0) is 18.8. The second-order valence-corrected chi connectivity index (χ2v) is 9.00. The number of rotatable bonds is 4. The molecular formula is C22H22N3S2+. The normalized spacial score (nSPS) is 16.0. The van der Waals surface area contributed by atoms with Crippen molar-refractivity contribution in [2.24, 2.45) is 0 Å². The van der Waals surface area contributed by atoms with Gasteiger partial charge in [-0.3, -0.25) is 0 Å². The third-order valence-electron chi connectivity index (χ3n) is 4.96. The Balaban J connectivity index is 1.78.